The molecule has 1 saturated heterocycles. The van der Waals surface area contributed by atoms with E-state index in [-0.39, 0.29) is 5.91 Å². The Kier molecular flexibility index (Phi) is 6.69. The molecular formula is C21H24BrNO3. The van der Waals surface area contributed by atoms with Crippen LogP contribution in [-0.2, 0) is 11.3 Å². The number of piperidine rings is 1. The third kappa shape index (κ3) is 4.86. The van der Waals surface area contributed by atoms with Crippen molar-refractivity contribution in [1.82, 2.24) is 4.90 Å². The zero-order chi connectivity index (χ0) is 18.4. The van der Waals surface area contributed by atoms with Gasteiger partial charge in [0.2, 0.25) is 0 Å². The Morgan fingerprint density at radius 2 is 2.04 bits per heavy atom. The number of likely N-dealkylation sites (tertiary alicyclic amines) is 1. The largest absolute Gasteiger partial charge is 0.497 e. The molecule has 4 nitrogen and oxygen atoms in total. The first kappa shape index (κ1) is 18.9. The standard InChI is InChI=1S/C21H24BrNO3/c1-25-18-9-10-20(22)19(12-18)21(24)23-11-5-8-17(13-23)15-26-14-16-6-3-2-4-7-16/h2-4,6-7,9-10,12,17H,5,8,11,13-15H2,1H3. The summed E-state index contributed by atoms with van der Waals surface area (Å²) in [7, 11) is 1.61. The van der Waals surface area contributed by atoms with Crippen molar-refractivity contribution in [1.29, 1.82) is 0 Å². The molecular weight excluding hydrogens is 394 g/mol. The number of nitrogens with zero attached hydrogens (tertiary/aromatic N) is 1. The minimum atomic E-state index is 0.0449. The summed E-state index contributed by atoms with van der Waals surface area (Å²) in [5.41, 5.74) is 1.83. The second-order valence-electron chi connectivity index (χ2n) is 6.61. The van der Waals surface area contributed by atoms with Crippen LogP contribution in [0.15, 0.2) is 53.0 Å². The third-order valence-corrected chi connectivity index (χ3v) is 5.37. The van der Waals surface area contributed by atoms with Crippen molar-refractivity contribution in [3.63, 3.8) is 0 Å². The molecule has 26 heavy (non-hydrogen) atoms. The topological polar surface area (TPSA) is 38.8 Å². The van der Waals surface area contributed by atoms with Crippen LogP contribution in [0.2, 0.25) is 0 Å². The van der Waals surface area contributed by atoms with Crippen LogP contribution >= 0.6 is 15.9 Å². The molecule has 1 amide bonds. The van der Waals surface area contributed by atoms with E-state index in [1.165, 1.54) is 5.56 Å². The van der Waals surface area contributed by atoms with Gasteiger partial charge in [-0.2, -0.15) is 0 Å². The number of methoxy groups -OCH3 is 1. The van der Waals surface area contributed by atoms with Crippen molar-refractivity contribution in [3.8, 4) is 5.75 Å². The highest BCUT2D eigenvalue weighted by Gasteiger charge is 2.26. The van der Waals surface area contributed by atoms with Gasteiger partial charge >= 0.3 is 0 Å². The van der Waals surface area contributed by atoms with Gasteiger partial charge < -0.3 is 14.4 Å². The Morgan fingerprint density at radius 1 is 1.23 bits per heavy atom. The fourth-order valence-corrected chi connectivity index (χ4v) is 3.69. The molecule has 1 aliphatic heterocycles. The summed E-state index contributed by atoms with van der Waals surface area (Å²) in [6, 6.07) is 15.7. The van der Waals surface area contributed by atoms with Crippen LogP contribution in [0.4, 0.5) is 0 Å². The van der Waals surface area contributed by atoms with Gasteiger partial charge in [-0.1, -0.05) is 30.3 Å². The Morgan fingerprint density at radius 3 is 2.81 bits per heavy atom. The Labute approximate surface area is 163 Å². The van der Waals surface area contributed by atoms with E-state index in [4.69, 9.17) is 9.47 Å². The summed E-state index contributed by atoms with van der Waals surface area (Å²) in [5, 5.41) is 0. The highest BCUT2D eigenvalue weighted by Crippen LogP contribution is 2.26. The fourth-order valence-electron chi connectivity index (χ4n) is 3.27. The predicted octanol–water partition coefficient (Wildman–Crippen LogP) is 4.53. The van der Waals surface area contributed by atoms with Crippen molar-refractivity contribution in [2.24, 2.45) is 5.92 Å². The first-order chi connectivity index (χ1) is 12.7. The number of rotatable bonds is 6. The van der Waals surface area contributed by atoms with E-state index in [1.807, 2.05) is 35.2 Å². The maximum Gasteiger partial charge on any atom is 0.255 e. The number of ether oxygens (including phenoxy) is 2. The molecule has 138 valence electrons. The van der Waals surface area contributed by atoms with Gasteiger partial charge in [0, 0.05) is 17.6 Å². The van der Waals surface area contributed by atoms with Crippen LogP contribution in [-0.4, -0.2) is 37.6 Å². The van der Waals surface area contributed by atoms with E-state index >= 15 is 0 Å². The number of carbonyl (C=O) groups excluding carboxylic acids is 1. The van der Waals surface area contributed by atoms with Gasteiger partial charge in [-0.15, -0.1) is 0 Å². The first-order valence-electron chi connectivity index (χ1n) is 8.92. The SMILES string of the molecule is COc1ccc(Br)c(C(=O)N2CCCC(COCc3ccccc3)C2)c1. The molecule has 1 fully saturated rings. The lowest BCUT2D eigenvalue weighted by Crippen LogP contribution is -2.41. The summed E-state index contributed by atoms with van der Waals surface area (Å²) in [6.45, 7) is 2.82. The minimum absolute atomic E-state index is 0.0449. The molecule has 0 saturated carbocycles. The van der Waals surface area contributed by atoms with E-state index < -0.39 is 0 Å². The lowest BCUT2D eigenvalue weighted by atomic mass is 9.98. The Bertz CT molecular complexity index is 735. The molecule has 5 heteroatoms. The second-order valence-corrected chi connectivity index (χ2v) is 7.46. The average Bonchev–Trinajstić information content (AvgIpc) is 2.69. The van der Waals surface area contributed by atoms with Gasteiger partial charge in [0.05, 0.1) is 25.9 Å². The van der Waals surface area contributed by atoms with Crippen molar-refractivity contribution >= 4 is 21.8 Å². The second kappa shape index (κ2) is 9.19. The number of amides is 1. The van der Waals surface area contributed by atoms with Gasteiger partial charge in [-0.3, -0.25) is 4.79 Å². The number of hydrogen-bond acceptors (Lipinski definition) is 3. The Hall–Kier alpha value is -1.85. The number of carbonyl (C=O) groups is 1. The van der Waals surface area contributed by atoms with E-state index in [9.17, 15) is 4.79 Å². The van der Waals surface area contributed by atoms with E-state index in [0.717, 1.165) is 30.4 Å². The van der Waals surface area contributed by atoms with Crippen LogP contribution < -0.4 is 4.74 Å². The summed E-state index contributed by atoms with van der Waals surface area (Å²) >= 11 is 3.48. The molecule has 0 spiro atoms. The molecule has 1 aliphatic rings. The molecule has 1 unspecified atom stereocenters. The van der Waals surface area contributed by atoms with Gasteiger partial charge in [-0.05, 0) is 58.5 Å². The molecule has 2 aromatic carbocycles. The van der Waals surface area contributed by atoms with Crippen molar-refractivity contribution in [2.75, 3.05) is 26.8 Å². The van der Waals surface area contributed by atoms with Crippen molar-refractivity contribution in [2.45, 2.75) is 19.4 Å². The van der Waals surface area contributed by atoms with Crippen molar-refractivity contribution in [3.05, 3.63) is 64.1 Å². The van der Waals surface area contributed by atoms with Crippen LogP contribution in [0.25, 0.3) is 0 Å². The highest BCUT2D eigenvalue weighted by atomic mass is 79.9. The highest BCUT2D eigenvalue weighted by molar-refractivity contribution is 9.10. The number of halogens is 1. The normalized spacial score (nSPS) is 17.2. The quantitative estimate of drug-likeness (QED) is 0.692. The van der Waals surface area contributed by atoms with Crippen LogP contribution in [0, 0.1) is 5.92 Å². The first-order valence-corrected chi connectivity index (χ1v) is 9.71. The van der Waals surface area contributed by atoms with E-state index in [2.05, 4.69) is 28.1 Å². The number of hydrogen-bond donors (Lipinski definition) is 0. The molecule has 2 aromatic rings. The zero-order valence-corrected chi connectivity index (χ0v) is 16.6. The molecule has 1 heterocycles. The molecule has 3 rings (SSSR count). The monoisotopic (exact) mass is 417 g/mol. The van der Waals surface area contributed by atoms with Gasteiger partial charge in [0.1, 0.15) is 5.75 Å². The van der Waals surface area contributed by atoms with E-state index in [0.29, 0.717) is 30.4 Å². The molecule has 1 atom stereocenters. The van der Waals surface area contributed by atoms with Gasteiger partial charge in [0.25, 0.3) is 5.91 Å². The molecule has 0 aromatic heterocycles. The molecule has 0 N–H and O–H groups in total. The third-order valence-electron chi connectivity index (χ3n) is 4.68. The summed E-state index contributed by atoms with van der Waals surface area (Å²) in [4.78, 5) is 14.9. The lowest BCUT2D eigenvalue weighted by Gasteiger charge is -2.33. The average molecular weight is 418 g/mol. The summed E-state index contributed by atoms with van der Waals surface area (Å²) in [6.07, 6.45) is 2.10. The van der Waals surface area contributed by atoms with Crippen molar-refractivity contribution < 1.29 is 14.3 Å². The van der Waals surface area contributed by atoms with E-state index in [1.54, 1.807) is 13.2 Å². The molecule has 0 bridgehead atoms. The maximum atomic E-state index is 12.9. The summed E-state index contributed by atoms with van der Waals surface area (Å²) < 4.78 is 11.9. The lowest BCUT2D eigenvalue weighted by molar-refractivity contribution is 0.0425. The van der Waals surface area contributed by atoms with Crippen LogP contribution in [0.1, 0.15) is 28.8 Å². The number of benzene rings is 2. The zero-order valence-electron chi connectivity index (χ0n) is 15.0. The summed E-state index contributed by atoms with van der Waals surface area (Å²) in [5.74, 6) is 1.11. The molecule has 0 aliphatic carbocycles. The Balaban J connectivity index is 1.57. The minimum Gasteiger partial charge on any atom is -0.497 e. The predicted molar refractivity (Wildman–Crippen MR) is 105 cm³/mol. The van der Waals surface area contributed by atoms with Gasteiger partial charge in [-0.25, -0.2) is 0 Å². The maximum absolute atomic E-state index is 12.9. The fraction of sp³-hybridized carbons (Fsp3) is 0.381. The smallest absolute Gasteiger partial charge is 0.255 e. The van der Waals surface area contributed by atoms with Gasteiger partial charge in [0.15, 0.2) is 0 Å². The molecule has 0 radical (unpaired) electrons. The van der Waals surface area contributed by atoms with Crippen LogP contribution in [0.3, 0.4) is 0 Å². The van der Waals surface area contributed by atoms with Crippen LogP contribution in [0.5, 0.6) is 5.75 Å².